The van der Waals surface area contributed by atoms with E-state index < -0.39 is 113 Å². The molecule has 2 aliphatic rings. The van der Waals surface area contributed by atoms with E-state index in [1.54, 1.807) is 68.4 Å². The predicted molar refractivity (Wildman–Crippen MR) is 316 cm³/mol. The number of rotatable bonds is 24. The molecule has 20 N–H and O–H groups in total. The Morgan fingerprint density at radius 1 is 0.695 bits per heavy atom. The Bertz CT molecular complexity index is 2510. The molecule has 2 fully saturated rings. The van der Waals surface area contributed by atoms with Gasteiger partial charge in [0.1, 0.15) is 42.0 Å². The fourth-order valence-electron chi connectivity index (χ4n) is 9.15. The molecule has 2 aromatic rings. The Balaban J connectivity index is 1.64. The maximum absolute atomic E-state index is 14.6. The molecule has 1 saturated heterocycles. The molecule has 0 unspecified atom stereocenters. The monoisotopic (exact) mass is 1180 g/mol. The number of guanidine groups is 2. The molecule has 9 amide bonds. The lowest BCUT2D eigenvalue weighted by Crippen LogP contribution is -2.61. The van der Waals surface area contributed by atoms with Crippen LogP contribution in [-0.4, -0.2) is 151 Å². The smallest absolute Gasteiger partial charge is 0.243 e. The van der Waals surface area contributed by atoms with Gasteiger partial charge in [0, 0.05) is 55.9 Å². The van der Waals surface area contributed by atoms with Gasteiger partial charge >= 0.3 is 0 Å². The van der Waals surface area contributed by atoms with Crippen molar-refractivity contribution in [2.24, 2.45) is 50.3 Å². The molecule has 1 saturated carbocycles. The maximum Gasteiger partial charge on any atom is 0.243 e. The third-order valence-electron chi connectivity index (χ3n) is 13.5. The minimum atomic E-state index is -1.62. The van der Waals surface area contributed by atoms with Crippen molar-refractivity contribution in [2.45, 2.75) is 151 Å². The Labute approximate surface area is 486 Å². The van der Waals surface area contributed by atoms with Crippen molar-refractivity contribution in [1.82, 2.24) is 42.5 Å². The minimum absolute atomic E-state index is 0.00575. The lowest BCUT2D eigenvalue weighted by Gasteiger charge is -2.36. The van der Waals surface area contributed by atoms with E-state index in [0.717, 1.165) is 19.3 Å². The molecule has 7 atom stereocenters. The van der Waals surface area contributed by atoms with Gasteiger partial charge in [-0.1, -0.05) is 97.2 Å². The third-order valence-corrected chi connectivity index (χ3v) is 16.8. The van der Waals surface area contributed by atoms with E-state index in [9.17, 15) is 43.2 Å². The summed E-state index contributed by atoms with van der Waals surface area (Å²) in [5.41, 5.74) is 34.8. The number of carbonyl (C=O) groups is 9. The van der Waals surface area contributed by atoms with Crippen molar-refractivity contribution >= 4 is 86.7 Å². The lowest BCUT2D eigenvalue weighted by molar-refractivity contribution is -0.136. The van der Waals surface area contributed by atoms with Crippen LogP contribution < -0.4 is 81.7 Å². The Morgan fingerprint density at radius 2 is 1.27 bits per heavy atom. The van der Waals surface area contributed by atoms with Crippen LogP contribution in [0.25, 0.3) is 0 Å². The predicted octanol–water partition coefficient (Wildman–Crippen LogP) is -1.53. The fourth-order valence-corrected chi connectivity index (χ4v) is 12.5. The summed E-state index contributed by atoms with van der Waals surface area (Å²) >= 11 is 0. The second-order valence-corrected chi connectivity index (χ2v) is 23.4. The molecule has 4 rings (SSSR count). The van der Waals surface area contributed by atoms with Crippen molar-refractivity contribution < 1.29 is 47.9 Å². The van der Waals surface area contributed by atoms with E-state index in [1.165, 1.54) is 21.6 Å². The second kappa shape index (κ2) is 34.8. The first-order chi connectivity index (χ1) is 39.1. The number of primary amides is 1. The van der Waals surface area contributed by atoms with Crippen LogP contribution in [0, 0.1) is 5.92 Å². The van der Waals surface area contributed by atoms with Gasteiger partial charge in [-0.25, -0.2) is 0 Å². The second-order valence-electron chi connectivity index (χ2n) is 20.6. The molecular weight excluding hydrogens is 1100 g/mol. The number of carbonyl (C=O) groups excluding carboxylic acids is 9. The molecular formula is C54H84N16O10S2. The van der Waals surface area contributed by atoms with Gasteiger partial charge in [-0.2, -0.15) is 0 Å². The number of benzene rings is 2. The van der Waals surface area contributed by atoms with Crippen molar-refractivity contribution in [3.8, 4) is 5.75 Å². The highest BCUT2D eigenvalue weighted by atomic mass is 33.1. The number of aliphatic imine (C=N–C) groups is 2. The summed E-state index contributed by atoms with van der Waals surface area (Å²) < 4.78 is 4.95. The van der Waals surface area contributed by atoms with Gasteiger partial charge in [-0.3, -0.25) is 53.1 Å². The van der Waals surface area contributed by atoms with E-state index in [1.807, 2.05) is 6.92 Å². The van der Waals surface area contributed by atoms with Gasteiger partial charge in [-0.15, -0.1) is 0 Å². The molecule has 28 heteroatoms. The van der Waals surface area contributed by atoms with Crippen molar-refractivity contribution in [2.75, 3.05) is 38.5 Å². The fraction of sp³-hybridized carbons (Fsp3) is 0.574. The quantitative estimate of drug-likeness (QED) is 0.0245. The number of nitrogens with one attached hydrogen (secondary N) is 8. The van der Waals surface area contributed by atoms with Crippen LogP contribution in [-0.2, 0) is 56.0 Å². The topological polar surface area (TPSA) is 440 Å². The third kappa shape index (κ3) is 24.0. The highest BCUT2D eigenvalue weighted by Crippen LogP contribution is 2.48. The van der Waals surface area contributed by atoms with Gasteiger partial charge in [0.2, 0.25) is 53.2 Å². The van der Waals surface area contributed by atoms with E-state index >= 15 is 0 Å². The van der Waals surface area contributed by atoms with Crippen molar-refractivity contribution in [3.05, 3.63) is 65.7 Å². The van der Waals surface area contributed by atoms with Crippen LogP contribution in [0.5, 0.6) is 5.75 Å². The highest BCUT2D eigenvalue weighted by Gasteiger charge is 2.39. The van der Waals surface area contributed by atoms with Crippen LogP contribution in [0.3, 0.4) is 0 Å². The zero-order chi connectivity index (χ0) is 60.2. The maximum atomic E-state index is 14.6. The molecule has 0 bridgehead atoms. The van der Waals surface area contributed by atoms with E-state index in [-0.39, 0.29) is 76.0 Å². The zero-order valence-corrected chi connectivity index (χ0v) is 48.6. The SMILES string of the molecule is CCOc1ccc(C[C@H]2NC(=O)CC3(CCCCC3)SSC[C@@H](C(=O)NCCNC(=O)[C@H](CCCN=C(N)N)NC(=O)[C@@H](N)CCCN=C(N)N)NC(=O)[C@H](CC(N)=O)NC(=O)[C@H](C(C)C)NC(=O)[C@H](Cc3ccccc3)NC2=O)cc1. The van der Waals surface area contributed by atoms with E-state index in [2.05, 4.69) is 52.5 Å². The summed E-state index contributed by atoms with van der Waals surface area (Å²) in [5.74, 6) is -6.80. The first kappa shape index (κ1) is 67.2. The number of amides is 9. The zero-order valence-electron chi connectivity index (χ0n) is 47.0. The number of ether oxygens (including phenoxy) is 1. The highest BCUT2D eigenvalue weighted by molar-refractivity contribution is 8.77. The number of nitrogens with zero attached hydrogens (tertiary/aromatic N) is 2. The van der Waals surface area contributed by atoms with Gasteiger partial charge in [0.25, 0.3) is 0 Å². The summed E-state index contributed by atoms with van der Waals surface area (Å²) in [6, 6.07) is 7.26. The average Bonchev–Trinajstić information content (AvgIpc) is 3.48. The summed E-state index contributed by atoms with van der Waals surface area (Å²) in [5, 5.41) is 22.0. The van der Waals surface area contributed by atoms with Crippen LogP contribution in [0.1, 0.15) is 103 Å². The van der Waals surface area contributed by atoms with E-state index in [4.69, 9.17) is 39.1 Å². The first-order valence-electron chi connectivity index (χ1n) is 27.7. The molecule has 2 aromatic carbocycles. The van der Waals surface area contributed by atoms with Crippen LogP contribution in [0.4, 0.5) is 0 Å². The Kier molecular flexibility index (Phi) is 28.5. The van der Waals surface area contributed by atoms with E-state index in [0.29, 0.717) is 49.2 Å². The van der Waals surface area contributed by atoms with Crippen molar-refractivity contribution in [1.29, 1.82) is 0 Å². The number of hydrogen-bond donors (Lipinski definition) is 14. The van der Waals surface area contributed by atoms with Gasteiger partial charge in [0.15, 0.2) is 11.9 Å². The number of hydrogen-bond acceptors (Lipinski definition) is 15. The molecule has 1 aliphatic heterocycles. The summed E-state index contributed by atoms with van der Waals surface area (Å²) in [4.78, 5) is 133. The molecule has 0 aromatic heterocycles. The lowest BCUT2D eigenvalue weighted by atomic mass is 9.85. The summed E-state index contributed by atoms with van der Waals surface area (Å²) in [7, 11) is 2.62. The van der Waals surface area contributed by atoms with Gasteiger partial charge in [0.05, 0.1) is 19.1 Å². The molecule has 0 radical (unpaired) electrons. The Morgan fingerprint density at radius 3 is 1.88 bits per heavy atom. The molecule has 26 nitrogen and oxygen atoms in total. The van der Waals surface area contributed by atoms with Gasteiger partial charge < -0.3 is 81.7 Å². The minimum Gasteiger partial charge on any atom is -0.494 e. The summed E-state index contributed by atoms with van der Waals surface area (Å²) in [6.07, 6.45) is 4.11. The largest absolute Gasteiger partial charge is 0.494 e. The molecule has 1 spiro atoms. The Hall–Kier alpha value is -7.33. The molecule has 452 valence electrons. The van der Waals surface area contributed by atoms with Crippen LogP contribution in [0.2, 0.25) is 0 Å². The normalized spacial score (nSPS) is 20.9. The van der Waals surface area contributed by atoms with Gasteiger partial charge in [-0.05, 0) is 74.6 Å². The van der Waals surface area contributed by atoms with Crippen molar-refractivity contribution in [3.63, 3.8) is 0 Å². The average molecular weight is 1180 g/mol. The number of nitrogens with two attached hydrogens (primary N) is 6. The van der Waals surface area contributed by atoms with Crippen LogP contribution in [0.15, 0.2) is 64.6 Å². The standard InChI is InChI=1S/C54H84N16O10S2/c1-4-80-35-19-17-34(18-20-35)28-38-48(76)67-39(27-33-13-7-5-8-14-33)50(78)70-44(32(2)3)51(79)68-40(29-42(56)71)49(77)69-41(31-81-82-54(30-43(72)65-38)21-9-6-10-22-54)47(75)62-26-25-61-46(74)37(16-12-24-64-53(59)60)66-45(73)36(55)15-11-23-63-52(57)58/h5,7-8,13-14,17-20,32,36-41,44H,4,6,9-12,15-16,21-31,55H2,1-3H3,(H2,56,71)(H,61,74)(H,62,75)(H,65,72)(H,66,73)(H,67,76)(H,68,79)(H,69,77)(H,70,78)(H4,57,58,63)(H4,59,60,64)/t36-,37-,38+,39-,40-,41-,44-/m0/s1. The first-order valence-corrected chi connectivity index (χ1v) is 30.0. The van der Waals surface area contributed by atoms with Crippen LogP contribution >= 0.6 is 21.6 Å². The summed E-state index contributed by atoms with van der Waals surface area (Å²) in [6.45, 7) is 5.72. The molecule has 82 heavy (non-hydrogen) atoms. The molecule has 1 aliphatic carbocycles. The molecule has 1 heterocycles.